The zero-order valence-corrected chi connectivity index (χ0v) is 11.1. The fraction of sp³-hybridized carbons (Fsp3) is 0.500. The van der Waals surface area contributed by atoms with Crippen molar-refractivity contribution in [3.8, 4) is 5.75 Å². The molecule has 0 bridgehead atoms. The first-order valence-corrected chi connectivity index (χ1v) is 5.89. The van der Waals surface area contributed by atoms with Crippen molar-refractivity contribution in [2.75, 3.05) is 7.11 Å². The summed E-state index contributed by atoms with van der Waals surface area (Å²) in [5.74, 6) is 0.906. The minimum atomic E-state index is -0.173. The van der Waals surface area contributed by atoms with Gasteiger partial charge in [-0.25, -0.2) is 0 Å². The van der Waals surface area contributed by atoms with Gasteiger partial charge in [-0.2, -0.15) is 0 Å². The molecule has 1 aromatic carbocycles. The van der Waals surface area contributed by atoms with Crippen LogP contribution >= 0.6 is 15.9 Å². The van der Waals surface area contributed by atoms with E-state index in [2.05, 4.69) is 35.8 Å². The molecule has 0 aliphatic heterocycles. The van der Waals surface area contributed by atoms with Crippen LogP contribution in [-0.4, -0.2) is 12.6 Å². The van der Waals surface area contributed by atoms with Crippen LogP contribution in [0.2, 0.25) is 0 Å². The highest BCUT2D eigenvalue weighted by Gasteiger charge is 2.18. The molecule has 2 nitrogen and oxygen atoms in total. The van der Waals surface area contributed by atoms with Gasteiger partial charge in [-0.3, -0.25) is 0 Å². The van der Waals surface area contributed by atoms with E-state index >= 15 is 0 Å². The van der Waals surface area contributed by atoms with Gasteiger partial charge in [0.15, 0.2) is 0 Å². The standard InChI is InChI=1S/C12H18BrNO/c1-4-12(2,14)8-9-7-10(13)5-6-11(9)15-3/h5-7H,4,8,14H2,1-3H3. The fourth-order valence-corrected chi connectivity index (χ4v) is 1.85. The minimum Gasteiger partial charge on any atom is -0.496 e. The van der Waals surface area contributed by atoms with Crippen LogP contribution in [0.5, 0.6) is 5.75 Å². The summed E-state index contributed by atoms with van der Waals surface area (Å²) < 4.78 is 6.37. The fourth-order valence-electron chi connectivity index (χ4n) is 1.45. The van der Waals surface area contributed by atoms with Gasteiger partial charge in [-0.05, 0) is 43.5 Å². The molecule has 1 aromatic rings. The highest BCUT2D eigenvalue weighted by Crippen LogP contribution is 2.26. The van der Waals surface area contributed by atoms with Gasteiger partial charge in [0.25, 0.3) is 0 Å². The quantitative estimate of drug-likeness (QED) is 0.914. The first kappa shape index (κ1) is 12.5. The number of methoxy groups -OCH3 is 1. The van der Waals surface area contributed by atoms with Crippen molar-refractivity contribution in [3.63, 3.8) is 0 Å². The Morgan fingerprint density at radius 1 is 1.47 bits per heavy atom. The molecule has 15 heavy (non-hydrogen) atoms. The smallest absolute Gasteiger partial charge is 0.122 e. The lowest BCUT2D eigenvalue weighted by atomic mass is 9.91. The van der Waals surface area contributed by atoms with Gasteiger partial charge in [-0.1, -0.05) is 22.9 Å². The maximum atomic E-state index is 6.15. The van der Waals surface area contributed by atoms with Gasteiger partial charge in [0.2, 0.25) is 0 Å². The van der Waals surface area contributed by atoms with E-state index in [1.54, 1.807) is 7.11 Å². The largest absolute Gasteiger partial charge is 0.496 e. The minimum absolute atomic E-state index is 0.173. The Hall–Kier alpha value is -0.540. The molecular formula is C12H18BrNO. The normalized spacial score (nSPS) is 14.7. The summed E-state index contributed by atoms with van der Waals surface area (Å²) in [5.41, 5.74) is 7.13. The highest BCUT2D eigenvalue weighted by atomic mass is 79.9. The third-order valence-electron chi connectivity index (χ3n) is 2.64. The van der Waals surface area contributed by atoms with Gasteiger partial charge >= 0.3 is 0 Å². The SMILES string of the molecule is CCC(C)(N)Cc1cc(Br)ccc1OC. The second-order valence-electron chi connectivity index (χ2n) is 4.14. The van der Waals surface area contributed by atoms with Crippen molar-refractivity contribution in [3.05, 3.63) is 28.2 Å². The van der Waals surface area contributed by atoms with E-state index < -0.39 is 0 Å². The number of ether oxygens (including phenoxy) is 1. The lowest BCUT2D eigenvalue weighted by molar-refractivity contribution is 0.394. The second kappa shape index (κ2) is 4.99. The average molecular weight is 272 g/mol. The lowest BCUT2D eigenvalue weighted by Gasteiger charge is -2.23. The number of nitrogens with two attached hydrogens (primary N) is 1. The predicted octanol–water partition coefficient (Wildman–Crippen LogP) is 3.13. The third kappa shape index (κ3) is 3.50. The van der Waals surface area contributed by atoms with Crippen molar-refractivity contribution in [2.45, 2.75) is 32.2 Å². The number of hydrogen-bond acceptors (Lipinski definition) is 2. The Morgan fingerprint density at radius 3 is 2.67 bits per heavy atom. The van der Waals surface area contributed by atoms with Crippen molar-refractivity contribution < 1.29 is 4.74 Å². The van der Waals surface area contributed by atoms with Crippen molar-refractivity contribution in [1.29, 1.82) is 0 Å². The highest BCUT2D eigenvalue weighted by molar-refractivity contribution is 9.10. The van der Waals surface area contributed by atoms with Crippen LogP contribution < -0.4 is 10.5 Å². The number of hydrogen-bond donors (Lipinski definition) is 1. The van der Waals surface area contributed by atoms with Crippen LogP contribution in [0, 0.1) is 0 Å². The van der Waals surface area contributed by atoms with E-state index in [1.165, 1.54) is 0 Å². The molecule has 0 aliphatic rings. The maximum absolute atomic E-state index is 6.15. The number of halogens is 1. The molecule has 0 saturated carbocycles. The first-order chi connectivity index (χ1) is 6.98. The third-order valence-corrected chi connectivity index (χ3v) is 3.14. The Labute approximate surface area is 99.9 Å². The van der Waals surface area contributed by atoms with Gasteiger partial charge in [0.1, 0.15) is 5.75 Å². The van der Waals surface area contributed by atoms with Gasteiger partial charge in [0.05, 0.1) is 7.11 Å². The second-order valence-corrected chi connectivity index (χ2v) is 5.06. The molecule has 1 unspecified atom stereocenters. The average Bonchev–Trinajstić information content (AvgIpc) is 2.18. The molecule has 0 aliphatic carbocycles. The Morgan fingerprint density at radius 2 is 2.13 bits per heavy atom. The molecule has 1 atom stereocenters. The van der Waals surface area contributed by atoms with E-state index in [0.717, 1.165) is 28.6 Å². The summed E-state index contributed by atoms with van der Waals surface area (Å²) >= 11 is 3.46. The van der Waals surface area contributed by atoms with Crippen LogP contribution in [0.3, 0.4) is 0 Å². The van der Waals surface area contributed by atoms with Crippen LogP contribution in [-0.2, 0) is 6.42 Å². The summed E-state index contributed by atoms with van der Waals surface area (Å²) in [7, 11) is 1.69. The van der Waals surface area contributed by atoms with Crippen LogP contribution in [0.1, 0.15) is 25.8 Å². The van der Waals surface area contributed by atoms with Crippen LogP contribution in [0.4, 0.5) is 0 Å². The van der Waals surface area contributed by atoms with E-state index in [0.29, 0.717) is 0 Å². The molecule has 0 amide bonds. The first-order valence-electron chi connectivity index (χ1n) is 5.10. The summed E-state index contributed by atoms with van der Waals surface area (Å²) in [6.45, 7) is 4.16. The maximum Gasteiger partial charge on any atom is 0.122 e. The monoisotopic (exact) mass is 271 g/mol. The summed E-state index contributed by atoms with van der Waals surface area (Å²) in [6, 6.07) is 6.01. The van der Waals surface area contributed by atoms with E-state index in [-0.39, 0.29) is 5.54 Å². The summed E-state index contributed by atoms with van der Waals surface area (Å²) in [5, 5.41) is 0. The number of rotatable bonds is 4. The predicted molar refractivity (Wildman–Crippen MR) is 67.3 cm³/mol. The topological polar surface area (TPSA) is 35.2 Å². The molecule has 0 fully saturated rings. The lowest BCUT2D eigenvalue weighted by Crippen LogP contribution is -2.37. The molecule has 2 N–H and O–H groups in total. The summed E-state index contributed by atoms with van der Waals surface area (Å²) in [6.07, 6.45) is 1.77. The molecule has 0 saturated heterocycles. The van der Waals surface area contributed by atoms with E-state index in [9.17, 15) is 0 Å². The van der Waals surface area contributed by atoms with Crippen molar-refractivity contribution in [2.24, 2.45) is 5.73 Å². The van der Waals surface area contributed by atoms with Gasteiger partial charge in [0, 0.05) is 10.0 Å². The molecular weight excluding hydrogens is 254 g/mol. The molecule has 0 spiro atoms. The molecule has 0 heterocycles. The van der Waals surface area contributed by atoms with Crippen molar-refractivity contribution >= 4 is 15.9 Å². The molecule has 84 valence electrons. The Balaban J connectivity index is 2.97. The number of benzene rings is 1. The van der Waals surface area contributed by atoms with E-state index in [4.69, 9.17) is 10.5 Å². The Kier molecular flexibility index (Phi) is 4.17. The molecule has 0 radical (unpaired) electrons. The van der Waals surface area contributed by atoms with Crippen LogP contribution in [0.15, 0.2) is 22.7 Å². The Bertz CT molecular complexity index is 336. The zero-order valence-electron chi connectivity index (χ0n) is 9.51. The summed E-state index contributed by atoms with van der Waals surface area (Å²) in [4.78, 5) is 0. The van der Waals surface area contributed by atoms with Gasteiger partial charge < -0.3 is 10.5 Å². The van der Waals surface area contributed by atoms with Crippen molar-refractivity contribution in [1.82, 2.24) is 0 Å². The zero-order chi connectivity index (χ0) is 11.5. The van der Waals surface area contributed by atoms with Crippen LogP contribution in [0.25, 0.3) is 0 Å². The molecule has 0 aromatic heterocycles. The molecule has 1 rings (SSSR count). The molecule has 3 heteroatoms. The van der Waals surface area contributed by atoms with E-state index in [1.807, 2.05) is 12.1 Å². The van der Waals surface area contributed by atoms with Gasteiger partial charge in [-0.15, -0.1) is 0 Å².